The van der Waals surface area contributed by atoms with Gasteiger partial charge in [0.05, 0.1) is 18.1 Å². The van der Waals surface area contributed by atoms with Crippen molar-refractivity contribution in [2.75, 3.05) is 31.6 Å². The van der Waals surface area contributed by atoms with Gasteiger partial charge in [-0.3, -0.25) is 4.79 Å². The molecule has 1 saturated heterocycles. The average molecular weight is 467 g/mol. The minimum Gasteiger partial charge on any atom is -0.480 e. The van der Waals surface area contributed by atoms with Gasteiger partial charge in [0, 0.05) is 24.3 Å². The van der Waals surface area contributed by atoms with Gasteiger partial charge in [-0.2, -0.15) is 4.31 Å². The van der Waals surface area contributed by atoms with Gasteiger partial charge in [0.15, 0.2) is 6.10 Å². The van der Waals surface area contributed by atoms with Crippen molar-refractivity contribution in [2.24, 2.45) is 0 Å². The van der Waals surface area contributed by atoms with Crippen LogP contribution in [0.3, 0.4) is 0 Å². The van der Waals surface area contributed by atoms with Gasteiger partial charge in [0.1, 0.15) is 5.75 Å². The third-order valence-electron chi connectivity index (χ3n) is 5.35. The highest BCUT2D eigenvalue weighted by atomic mass is 32.2. The Bertz CT molecular complexity index is 1210. The highest BCUT2D eigenvalue weighted by Crippen LogP contribution is 2.30. The number of sulfonamides is 1. The second kappa shape index (κ2) is 10.2. The summed E-state index contributed by atoms with van der Waals surface area (Å²) in [5.74, 6) is 0.216. The molecule has 172 valence electrons. The summed E-state index contributed by atoms with van der Waals surface area (Å²) in [6.07, 6.45) is -0.797. The van der Waals surface area contributed by atoms with Crippen molar-refractivity contribution in [3.8, 4) is 16.9 Å². The van der Waals surface area contributed by atoms with Crippen LogP contribution in [0.5, 0.6) is 5.75 Å². The van der Waals surface area contributed by atoms with Crippen molar-refractivity contribution in [1.82, 2.24) is 4.31 Å². The molecule has 1 amide bonds. The number of carbonyl (C=O) groups is 1. The summed E-state index contributed by atoms with van der Waals surface area (Å²) in [5, 5.41) is 2.77. The largest absolute Gasteiger partial charge is 0.480 e. The molecule has 0 radical (unpaired) electrons. The van der Waals surface area contributed by atoms with E-state index in [0.717, 1.165) is 11.1 Å². The smallest absolute Gasteiger partial charge is 0.265 e. The van der Waals surface area contributed by atoms with E-state index < -0.39 is 16.1 Å². The Morgan fingerprint density at radius 1 is 0.970 bits per heavy atom. The number of nitrogens with one attached hydrogen (secondary N) is 1. The van der Waals surface area contributed by atoms with Crippen LogP contribution in [-0.4, -0.2) is 51.0 Å². The average Bonchev–Trinajstić information content (AvgIpc) is 2.85. The topological polar surface area (TPSA) is 84.9 Å². The van der Waals surface area contributed by atoms with Gasteiger partial charge >= 0.3 is 0 Å². The predicted molar refractivity (Wildman–Crippen MR) is 127 cm³/mol. The van der Waals surface area contributed by atoms with Crippen LogP contribution in [0.25, 0.3) is 11.1 Å². The number of rotatable bonds is 7. The molecule has 1 aliphatic rings. The van der Waals surface area contributed by atoms with Crippen LogP contribution < -0.4 is 10.1 Å². The Labute approximate surface area is 194 Å². The van der Waals surface area contributed by atoms with Crippen LogP contribution in [0.1, 0.15) is 6.92 Å². The number of morpholine rings is 1. The number of hydrogen-bond acceptors (Lipinski definition) is 5. The molecular weight excluding hydrogens is 440 g/mol. The predicted octanol–water partition coefficient (Wildman–Crippen LogP) is 3.78. The van der Waals surface area contributed by atoms with Gasteiger partial charge in [-0.1, -0.05) is 54.6 Å². The third kappa shape index (κ3) is 5.42. The maximum Gasteiger partial charge on any atom is 0.265 e. The van der Waals surface area contributed by atoms with Crippen LogP contribution in [0, 0.1) is 0 Å². The van der Waals surface area contributed by atoms with Crippen LogP contribution in [0.15, 0.2) is 83.8 Å². The fourth-order valence-electron chi connectivity index (χ4n) is 3.58. The van der Waals surface area contributed by atoms with E-state index >= 15 is 0 Å². The summed E-state index contributed by atoms with van der Waals surface area (Å²) in [6.45, 7) is 3.02. The number of ether oxygens (including phenoxy) is 2. The van der Waals surface area contributed by atoms with Gasteiger partial charge in [-0.15, -0.1) is 0 Å². The first-order valence-electron chi connectivity index (χ1n) is 10.7. The lowest BCUT2D eigenvalue weighted by molar-refractivity contribution is -0.122. The van der Waals surface area contributed by atoms with Gasteiger partial charge in [-0.25, -0.2) is 8.42 Å². The van der Waals surface area contributed by atoms with Gasteiger partial charge in [-0.05, 0) is 36.8 Å². The van der Waals surface area contributed by atoms with E-state index in [0.29, 0.717) is 37.7 Å². The fourth-order valence-corrected chi connectivity index (χ4v) is 5.04. The van der Waals surface area contributed by atoms with Crippen LogP contribution >= 0.6 is 0 Å². The Kier molecular flexibility index (Phi) is 7.08. The molecule has 8 heteroatoms. The highest BCUT2D eigenvalue weighted by molar-refractivity contribution is 7.89. The quantitative estimate of drug-likeness (QED) is 0.573. The summed E-state index contributed by atoms with van der Waals surface area (Å²) < 4.78 is 38.4. The number of benzene rings is 3. The first-order valence-corrected chi connectivity index (χ1v) is 12.2. The number of nitrogens with zero attached hydrogens (tertiary/aromatic N) is 1. The van der Waals surface area contributed by atoms with Crippen molar-refractivity contribution in [1.29, 1.82) is 0 Å². The summed E-state index contributed by atoms with van der Waals surface area (Å²) in [4.78, 5) is 12.9. The molecule has 3 aromatic carbocycles. The first-order chi connectivity index (χ1) is 15.9. The Morgan fingerprint density at radius 3 is 2.42 bits per heavy atom. The number of carbonyl (C=O) groups excluding carboxylic acids is 1. The minimum absolute atomic E-state index is 0.130. The lowest BCUT2D eigenvalue weighted by atomic mass is 10.0. The maximum absolute atomic E-state index is 12.9. The number of amides is 1. The van der Waals surface area contributed by atoms with Crippen LogP contribution in [0.4, 0.5) is 5.69 Å². The Hall–Kier alpha value is -3.20. The van der Waals surface area contributed by atoms with Gasteiger partial charge < -0.3 is 14.8 Å². The van der Waals surface area contributed by atoms with E-state index in [9.17, 15) is 13.2 Å². The van der Waals surface area contributed by atoms with E-state index in [1.165, 1.54) is 16.4 Å². The molecule has 4 rings (SSSR count). The van der Waals surface area contributed by atoms with E-state index in [-0.39, 0.29) is 10.8 Å². The van der Waals surface area contributed by atoms with Gasteiger partial charge in [0.2, 0.25) is 10.0 Å². The van der Waals surface area contributed by atoms with Crippen LogP contribution in [-0.2, 0) is 19.6 Å². The first kappa shape index (κ1) is 23.0. The number of hydrogen-bond donors (Lipinski definition) is 1. The molecule has 0 aliphatic carbocycles. The van der Waals surface area contributed by atoms with Crippen molar-refractivity contribution in [3.63, 3.8) is 0 Å². The van der Waals surface area contributed by atoms with Gasteiger partial charge in [0.25, 0.3) is 5.91 Å². The number of anilines is 1. The van der Waals surface area contributed by atoms with E-state index in [2.05, 4.69) is 5.32 Å². The molecule has 0 spiro atoms. The molecule has 3 aromatic rings. The summed E-state index contributed by atoms with van der Waals surface area (Å²) in [5.41, 5.74) is 2.26. The monoisotopic (exact) mass is 466 g/mol. The van der Waals surface area contributed by atoms with Crippen LogP contribution in [0.2, 0.25) is 0 Å². The second-order valence-electron chi connectivity index (χ2n) is 7.66. The molecule has 1 heterocycles. The molecule has 1 fully saturated rings. The van der Waals surface area contributed by atoms with Crippen molar-refractivity contribution >= 4 is 21.6 Å². The molecule has 33 heavy (non-hydrogen) atoms. The van der Waals surface area contributed by atoms with E-state index in [4.69, 9.17) is 9.47 Å². The molecule has 0 bridgehead atoms. The van der Waals surface area contributed by atoms with Crippen molar-refractivity contribution in [2.45, 2.75) is 17.9 Å². The molecular formula is C25H26N2O5S. The molecule has 1 atom stereocenters. The summed E-state index contributed by atoms with van der Waals surface area (Å²) in [7, 11) is -3.65. The third-order valence-corrected chi connectivity index (χ3v) is 7.25. The normalized spacial score (nSPS) is 15.5. The lowest BCUT2D eigenvalue weighted by Crippen LogP contribution is -2.40. The second-order valence-corrected chi connectivity index (χ2v) is 9.59. The molecule has 7 nitrogen and oxygen atoms in total. The fraction of sp³-hybridized carbons (Fsp3) is 0.240. The molecule has 0 aromatic heterocycles. The van der Waals surface area contributed by atoms with Crippen molar-refractivity contribution in [3.05, 3.63) is 78.9 Å². The molecule has 0 saturated carbocycles. The minimum atomic E-state index is -3.65. The highest BCUT2D eigenvalue weighted by Gasteiger charge is 2.26. The maximum atomic E-state index is 12.9. The SMILES string of the molecule is C[C@@H](Oc1ccccc1-c1ccccc1)C(=O)Nc1cccc(S(=O)(=O)N2CCOCC2)c1. The van der Waals surface area contributed by atoms with E-state index in [1.807, 2.05) is 54.6 Å². The lowest BCUT2D eigenvalue weighted by Gasteiger charge is -2.26. The summed E-state index contributed by atoms with van der Waals surface area (Å²) >= 11 is 0. The summed E-state index contributed by atoms with van der Waals surface area (Å²) in [6, 6.07) is 23.6. The standard InChI is InChI=1S/C25H26N2O5S/c1-19(32-24-13-6-5-12-23(24)20-8-3-2-4-9-20)25(28)26-21-10-7-11-22(18-21)33(29,30)27-14-16-31-17-15-27/h2-13,18-19H,14-17H2,1H3,(H,26,28)/t19-/m1/s1. The molecule has 1 N–H and O–H groups in total. The molecule has 0 unspecified atom stereocenters. The zero-order valence-electron chi connectivity index (χ0n) is 18.3. The van der Waals surface area contributed by atoms with E-state index in [1.54, 1.807) is 19.1 Å². The zero-order chi connectivity index (χ0) is 23.3. The number of para-hydroxylation sites is 1. The zero-order valence-corrected chi connectivity index (χ0v) is 19.1. The Morgan fingerprint density at radius 2 is 1.67 bits per heavy atom. The Balaban J connectivity index is 1.47. The molecule has 1 aliphatic heterocycles. The van der Waals surface area contributed by atoms with Crippen molar-refractivity contribution < 1.29 is 22.7 Å².